The first-order chi connectivity index (χ1) is 19.2. The van der Waals surface area contributed by atoms with Gasteiger partial charge >= 0.3 is 6.09 Å². The van der Waals surface area contributed by atoms with Crippen molar-refractivity contribution in [1.29, 1.82) is 5.41 Å². The van der Waals surface area contributed by atoms with E-state index >= 15 is 0 Å². The van der Waals surface area contributed by atoms with E-state index in [0.29, 0.717) is 32.2 Å². The molecule has 3 amide bonds. The lowest BCUT2D eigenvalue weighted by Gasteiger charge is -2.32. The topological polar surface area (TPSA) is 129 Å². The number of ether oxygens (including phenoxy) is 1. The van der Waals surface area contributed by atoms with Crippen LogP contribution in [0.1, 0.15) is 57.1 Å². The number of hydrogen-bond acceptors (Lipinski definition) is 6. The maximum atomic E-state index is 13.8. The molecular formula is C31H41N5O4. The van der Waals surface area contributed by atoms with E-state index in [2.05, 4.69) is 19.2 Å². The van der Waals surface area contributed by atoms with Crippen LogP contribution in [-0.2, 0) is 26.3 Å². The molecule has 9 nitrogen and oxygen atoms in total. The highest BCUT2D eigenvalue weighted by atomic mass is 16.5. The number of nitrogens with two attached hydrogens (primary N) is 1. The van der Waals surface area contributed by atoms with Crippen LogP contribution in [0.15, 0.2) is 60.7 Å². The molecule has 2 fully saturated rings. The van der Waals surface area contributed by atoms with Crippen molar-refractivity contribution in [2.75, 3.05) is 13.7 Å². The molecule has 3 atom stereocenters. The molecule has 1 aliphatic carbocycles. The number of carbonyl (C=O) groups is 3. The Morgan fingerprint density at radius 2 is 1.75 bits per heavy atom. The number of nitrogens with zero attached hydrogens (tertiary/aromatic N) is 2. The van der Waals surface area contributed by atoms with Gasteiger partial charge in [-0.1, -0.05) is 74.5 Å². The fourth-order valence-corrected chi connectivity index (χ4v) is 5.79. The molecule has 1 aliphatic heterocycles. The van der Waals surface area contributed by atoms with Crippen LogP contribution >= 0.6 is 0 Å². The van der Waals surface area contributed by atoms with Crippen LogP contribution < -0.4 is 11.1 Å². The number of nitrogens with one attached hydrogen (secondary N) is 2. The molecule has 1 saturated carbocycles. The molecule has 1 heterocycles. The van der Waals surface area contributed by atoms with Crippen LogP contribution in [0.5, 0.6) is 0 Å². The molecule has 0 radical (unpaired) electrons. The summed E-state index contributed by atoms with van der Waals surface area (Å²) >= 11 is 0. The largest absolute Gasteiger partial charge is 0.452 e. The minimum absolute atomic E-state index is 0.0725. The van der Waals surface area contributed by atoms with Crippen LogP contribution in [0.3, 0.4) is 0 Å². The first-order valence-electron chi connectivity index (χ1n) is 14.1. The second-order valence-electron chi connectivity index (χ2n) is 11.3. The molecule has 0 spiro atoms. The zero-order chi connectivity index (χ0) is 28.9. The van der Waals surface area contributed by atoms with Crippen LogP contribution in [0.25, 0.3) is 0 Å². The van der Waals surface area contributed by atoms with Gasteiger partial charge in [-0.15, -0.1) is 0 Å². The molecule has 4 N–H and O–H groups in total. The lowest BCUT2D eigenvalue weighted by Crippen LogP contribution is -2.53. The lowest BCUT2D eigenvalue weighted by molar-refractivity contribution is -0.134. The van der Waals surface area contributed by atoms with Crippen molar-refractivity contribution in [1.82, 2.24) is 15.1 Å². The number of hydrogen-bond donors (Lipinski definition) is 3. The molecule has 2 aromatic carbocycles. The Hall–Kier alpha value is -3.72. The number of amides is 3. The standard InChI is InChI=1S/C31H41N5O4/c1-21(2)20-31(24-13-8-5-9-14-24)28(38)35(29(33)34-31)18-10-15-26(23-16-17-23)36(30(39)40-3)27(37)25(32)19-22-11-6-4-7-12-22/h4-9,11-14,21,23,25-26H,10,15-20,32H2,1-3H3,(H2,33,34)/t25-,26?,31?/m0/s1. The Labute approximate surface area is 236 Å². The monoisotopic (exact) mass is 547 g/mol. The van der Waals surface area contributed by atoms with Crippen LogP contribution in [0, 0.1) is 17.2 Å². The summed E-state index contributed by atoms with van der Waals surface area (Å²) in [7, 11) is 1.27. The fourth-order valence-electron chi connectivity index (χ4n) is 5.79. The highest BCUT2D eigenvalue weighted by molar-refractivity contribution is 6.08. The Morgan fingerprint density at radius 3 is 2.33 bits per heavy atom. The summed E-state index contributed by atoms with van der Waals surface area (Å²) in [5, 5.41) is 11.8. The first-order valence-corrected chi connectivity index (χ1v) is 14.1. The van der Waals surface area contributed by atoms with E-state index < -0.39 is 23.6 Å². The average molecular weight is 548 g/mol. The van der Waals surface area contributed by atoms with Crippen LogP contribution in [0.4, 0.5) is 4.79 Å². The van der Waals surface area contributed by atoms with Crippen molar-refractivity contribution in [3.8, 4) is 0 Å². The highest BCUT2D eigenvalue weighted by Gasteiger charge is 2.51. The predicted molar refractivity (Wildman–Crippen MR) is 153 cm³/mol. The van der Waals surface area contributed by atoms with Gasteiger partial charge in [0.05, 0.1) is 13.2 Å². The molecule has 2 aromatic rings. The number of rotatable bonds is 12. The molecule has 4 rings (SSSR count). The van der Waals surface area contributed by atoms with Gasteiger partial charge in [0.1, 0.15) is 5.54 Å². The second-order valence-corrected chi connectivity index (χ2v) is 11.3. The van der Waals surface area contributed by atoms with Gasteiger partial charge in [0, 0.05) is 12.6 Å². The molecule has 0 aromatic heterocycles. The number of carbonyl (C=O) groups excluding carboxylic acids is 3. The fraction of sp³-hybridized carbons (Fsp3) is 0.484. The van der Waals surface area contributed by atoms with Gasteiger partial charge in [-0.2, -0.15) is 0 Å². The summed E-state index contributed by atoms with van der Waals surface area (Å²) in [5.74, 6) is -0.139. The zero-order valence-electron chi connectivity index (χ0n) is 23.6. The molecule has 2 unspecified atom stereocenters. The van der Waals surface area contributed by atoms with Crippen molar-refractivity contribution >= 4 is 23.9 Å². The van der Waals surface area contributed by atoms with Gasteiger partial charge in [0.15, 0.2) is 5.96 Å². The number of imide groups is 1. The lowest BCUT2D eigenvalue weighted by atomic mass is 9.82. The normalized spacial score (nSPS) is 20.3. The van der Waals surface area contributed by atoms with E-state index in [1.54, 1.807) is 0 Å². The van der Waals surface area contributed by atoms with Crippen molar-refractivity contribution in [2.24, 2.45) is 17.6 Å². The molecule has 214 valence electrons. The summed E-state index contributed by atoms with van der Waals surface area (Å²) in [6.07, 6.45) is 2.98. The minimum Gasteiger partial charge on any atom is -0.452 e. The predicted octanol–water partition coefficient (Wildman–Crippen LogP) is 4.02. The van der Waals surface area contributed by atoms with Gasteiger partial charge < -0.3 is 15.8 Å². The summed E-state index contributed by atoms with van der Waals surface area (Å²) in [5.41, 5.74) is 7.07. The Morgan fingerprint density at radius 1 is 1.12 bits per heavy atom. The van der Waals surface area contributed by atoms with Crippen molar-refractivity contribution in [3.63, 3.8) is 0 Å². The van der Waals surface area contributed by atoms with Gasteiger partial charge in [0.25, 0.3) is 5.91 Å². The third-order valence-electron chi connectivity index (χ3n) is 7.80. The van der Waals surface area contributed by atoms with E-state index in [9.17, 15) is 14.4 Å². The average Bonchev–Trinajstić information content (AvgIpc) is 3.76. The SMILES string of the molecule is COC(=O)N(C(=O)[C@@H](N)Cc1ccccc1)C(CCCN1C(=N)NC(CC(C)C)(c2ccccc2)C1=O)C1CC1. The molecule has 9 heteroatoms. The van der Waals surface area contributed by atoms with Crippen molar-refractivity contribution < 1.29 is 19.1 Å². The van der Waals surface area contributed by atoms with E-state index in [1.807, 2.05) is 60.7 Å². The molecule has 0 bridgehead atoms. The Balaban J connectivity index is 1.47. The number of benzene rings is 2. The summed E-state index contributed by atoms with van der Waals surface area (Å²) in [6.45, 7) is 4.43. The summed E-state index contributed by atoms with van der Waals surface area (Å²) in [4.78, 5) is 42.9. The Kier molecular flexibility index (Phi) is 9.25. The highest BCUT2D eigenvalue weighted by Crippen LogP contribution is 2.39. The second kappa shape index (κ2) is 12.6. The molecule has 2 aliphatic rings. The smallest absolute Gasteiger partial charge is 0.416 e. The van der Waals surface area contributed by atoms with E-state index in [-0.39, 0.29) is 29.7 Å². The van der Waals surface area contributed by atoms with Crippen LogP contribution in [-0.4, -0.2) is 59.4 Å². The number of guanidine groups is 1. The van der Waals surface area contributed by atoms with Crippen molar-refractivity contribution in [3.05, 3.63) is 71.8 Å². The van der Waals surface area contributed by atoms with Gasteiger partial charge in [0.2, 0.25) is 5.91 Å². The van der Waals surface area contributed by atoms with E-state index in [4.69, 9.17) is 15.9 Å². The quantitative estimate of drug-likeness (QED) is 0.368. The maximum Gasteiger partial charge on any atom is 0.416 e. The van der Waals surface area contributed by atoms with Gasteiger partial charge in [-0.05, 0) is 61.5 Å². The third kappa shape index (κ3) is 6.36. The van der Waals surface area contributed by atoms with Crippen LogP contribution in [0.2, 0.25) is 0 Å². The summed E-state index contributed by atoms with van der Waals surface area (Å²) < 4.78 is 5.02. The molecular weight excluding hydrogens is 506 g/mol. The van der Waals surface area contributed by atoms with Gasteiger partial charge in [-0.25, -0.2) is 9.69 Å². The molecule has 40 heavy (non-hydrogen) atoms. The number of methoxy groups -OCH3 is 1. The minimum atomic E-state index is -0.985. The summed E-state index contributed by atoms with van der Waals surface area (Å²) in [6, 6.07) is 17.8. The maximum absolute atomic E-state index is 13.8. The third-order valence-corrected chi connectivity index (χ3v) is 7.80. The van der Waals surface area contributed by atoms with Crippen molar-refractivity contribution in [2.45, 2.75) is 70.0 Å². The Bertz CT molecular complexity index is 1200. The zero-order valence-corrected chi connectivity index (χ0v) is 23.6. The van der Waals surface area contributed by atoms with E-state index in [1.165, 1.54) is 16.9 Å². The first kappa shape index (κ1) is 29.3. The molecule has 1 saturated heterocycles. The van der Waals surface area contributed by atoms with E-state index in [0.717, 1.165) is 24.0 Å². The van der Waals surface area contributed by atoms with Gasteiger partial charge in [-0.3, -0.25) is 19.9 Å².